The number of nitrogens with one attached hydrogen (secondary N) is 3. The lowest BCUT2D eigenvalue weighted by atomic mass is 10.4. The smallest absolute Gasteiger partial charge is 0.0199 e. The maximum Gasteiger partial charge on any atom is 0.0199 e. The molecule has 0 aliphatic rings. The number of hydrogen-bond donors (Lipinski definition) is 3. The molecule has 3 atom stereocenters. The van der Waals surface area contributed by atoms with Gasteiger partial charge in [-0.1, -0.05) is 0 Å². The normalized spacial score (nSPS) is 16.4. The minimum Gasteiger partial charge on any atom is -0.760 e. The molecule has 0 saturated heterocycles. The molecular formula is C6H15N4O6S3-3. The fraction of sp³-hybridized carbons (Fsp3) is 1.00. The minimum atomic E-state index is -2.36. The second-order valence-electron chi connectivity index (χ2n) is 3.23. The van der Waals surface area contributed by atoms with Gasteiger partial charge in [0.15, 0.2) is 0 Å². The Bertz CT molecular complexity index is 272. The van der Waals surface area contributed by atoms with Crippen molar-refractivity contribution in [1.29, 1.82) is 0 Å². The van der Waals surface area contributed by atoms with Crippen LogP contribution in [0.2, 0.25) is 0 Å². The molecule has 0 aromatic heterocycles. The van der Waals surface area contributed by atoms with Crippen molar-refractivity contribution >= 4 is 33.8 Å². The summed E-state index contributed by atoms with van der Waals surface area (Å²) in [5, 5.41) is 0. The van der Waals surface area contributed by atoms with Crippen molar-refractivity contribution in [3.05, 3.63) is 0 Å². The Labute approximate surface area is 119 Å². The van der Waals surface area contributed by atoms with Crippen molar-refractivity contribution in [1.82, 2.24) is 19.1 Å². The van der Waals surface area contributed by atoms with Crippen molar-refractivity contribution in [2.45, 2.75) is 0 Å². The number of hydrogen-bond acceptors (Lipinski definition) is 7. The van der Waals surface area contributed by atoms with Crippen LogP contribution >= 0.6 is 0 Å². The van der Waals surface area contributed by atoms with Crippen LogP contribution in [0.5, 0.6) is 0 Å². The van der Waals surface area contributed by atoms with Gasteiger partial charge in [0.2, 0.25) is 0 Å². The zero-order valence-electron chi connectivity index (χ0n) is 9.86. The van der Waals surface area contributed by atoms with Crippen molar-refractivity contribution in [2.75, 3.05) is 39.3 Å². The molecule has 19 heavy (non-hydrogen) atoms. The first-order valence-corrected chi connectivity index (χ1v) is 8.35. The molecule has 0 aromatic rings. The Morgan fingerprint density at radius 2 is 0.947 bits per heavy atom. The van der Waals surface area contributed by atoms with Gasteiger partial charge >= 0.3 is 0 Å². The summed E-state index contributed by atoms with van der Waals surface area (Å²) in [6, 6.07) is 0. The molecule has 0 bridgehead atoms. The van der Waals surface area contributed by atoms with Gasteiger partial charge in [-0.05, 0) is 0 Å². The molecule has 10 nitrogen and oxygen atoms in total. The average Bonchev–Trinajstić information content (AvgIpc) is 2.26. The highest BCUT2D eigenvalue weighted by Crippen LogP contribution is 1.86. The predicted octanol–water partition coefficient (Wildman–Crippen LogP) is -3.56. The molecule has 0 spiro atoms. The summed E-state index contributed by atoms with van der Waals surface area (Å²) in [4.78, 5) is 1.71. The van der Waals surface area contributed by atoms with Gasteiger partial charge in [-0.3, -0.25) is 17.5 Å². The van der Waals surface area contributed by atoms with E-state index in [4.69, 9.17) is 0 Å². The van der Waals surface area contributed by atoms with Crippen molar-refractivity contribution in [3.8, 4) is 0 Å². The van der Waals surface area contributed by atoms with E-state index in [0.717, 1.165) is 0 Å². The van der Waals surface area contributed by atoms with Gasteiger partial charge in [-0.2, -0.15) is 0 Å². The third-order valence-corrected chi connectivity index (χ3v) is 3.26. The molecule has 3 unspecified atom stereocenters. The van der Waals surface area contributed by atoms with E-state index in [1.807, 2.05) is 0 Å². The van der Waals surface area contributed by atoms with Gasteiger partial charge in [0.05, 0.1) is 0 Å². The van der Waals surface area contributed by atoms with Crippen LogP contribution in [0.3, 0.4) is 0 Å². The first-order valence-electron chi connectivity index (χ1n) is 5.12. The predicted molar refractivity (Wildman–Crippen MR) is 67.2 cm³/mol. The van der Waals surface area contributed by atoms with E-state index in [2.05, 4.69) is 14.2 Å². The SMILES string of the molecule is O=S([O-])NCCN(CCNS(=O)[O-])CCNS(=O)[O-]. The highest BCUT2D eigenvalue weighted by atomic mass is 32.2. The van der Waals surface area contributed by atoms with Gasteiger partial charge < -0.3 is 13.7 Å². The summed E-state index contributed by atoms with van der Waals surface area (Å²) < 4.78 is 68.1. The molecule has 3 N–H and O–H groups in total. The highest BCUT2D eigenvalue weighted by Gasteiger charge is 2.04. The zero-order chi connectivity index (χ0) is 14.7. The Kier molecular flexibility index (Phi) is 12.1. The molecule has 0 heterocycles. The lowest BCUT2D eigenvalue weighted by Crippen LogP contribution is -2.41. The van der Waals surface area contributed by atoms with Crippen LogP contribution in [0.25, 0.3) is 0 Å². The standard InChI is InChI=1S/C6H18N4O6S3/c11-17(12)7-1-4-10(5-2-8-18(13)14)6-3-9-19(15)16/h7-9H,1-6H2,(H,11,12)(H,13,14)(H,15,16)/p-3. The van der Waals surface area contributed by atoms with Gasteiger partial charge in [0, 0.05) is 73.1 Å². The van der Waals surface area contributed by atoms with Crippen LogP contribution in [-0.2, 0) is 33.8 Å². The molecule has 0 aliphatic carbocycles. The fourth-order valence-corrected chi connectivity index (χ4v) is 1.97. The van der Waals surface area contributed by atoms with Gasteiger partial charge in [-0.15, -0.1) is 0 Å². The van der Waals surface area contributed by atoms with E-state index in [1.54, 1.807) is 4.90 Å². The summed E-state index contributed by atoms with van der Waals surface area (Å²) in [5.41, 5.74) is 0. The van der Waals surface area contributed by atoms with E-state index in [9.17, 15) is 26.3 Å². The second kappa shape index (κ2) is 12.0. The first kappa shape index (κ1) is 19.2. The number of nitrogens with zero attached hydrogens (tertiary/aromatic N) is 1. The molecular weight excluding hydrogens is 320 g/mol. The van der Waals surface area contributed by atoms with Gasteiger partial charge in [0.1, 0.15) is 0 Å². The summed E-state index contributed by atoms with van der Waals surface area (Å²) in [7, 11) is 0. The van der Waals surface area contributed by atoms with E-state index in [-0.39, 0.29) is 19.6 Å². The van der Waals surface area contributed by atoms with Crippen LogP contribution in [-0.4, -0.2) is 70.5 Å². The second-order valence-corrected chi connectivity index (χ2v) is 5.50. The minimum absolute atomic E-state index is 0.150. The molecule has 0 radical (unpaired) electrons. The molecule has 0 fully saturated rings. The van der Waals surface area contributed by atoms with Crippen LogP contribution < -0.4 is 14.2 Å². The molecule has 0 aliphatic heterocycles. The van der Waals surface area contributed by atoms with Crippen molar-refractivity contribution in [3.63, 3.8) is 0 Å². The van der Waals surface area contributed by atoms with Gasteiger partial charge in [0.25, 0.3) is 0 Å². The van der Waals surface area contributed by atoms with Crippen LogP contribution in [0, 0.1) is 0 Å². The molecule has 0 amide bonds. The third-order valence-electron chi connectivity index (χ3n) is 1.94. The summed E-state index contributed by atoms with van der Waals surface area (Å²) in [5.74, 6) is 0. The Balaban J connectivity index is 3.94. The Hall–Kier alpha value is 0.170. The van der Waals surface area contributed by atoms with Crippen LogP contribution in [0.15, 0.2) is 0 Å². The fourth-order valence-electron chi connectivity index (χ4n) is 1.20. The maximum atomic E-state index is 10.3. The largest absolute Gasteiger partial charge is 0.760 e. The van der Waals surface area contributed by atoms with E-state index >= 15 is 0 Å². The average molecular weight is 335 g/mol. The molecule has 13 heteroatoms. The first-order chi connectivity index (χ1) is 8.91. The Morgan fingerprint density at radius 1 is 0.684 bits per heavy atom. The van der Waals surface area contributed by atoms with Crippen molar-refractivity contribution in [2.24, 2.45) is 0 Å². The maximum absolute atomic E-state index is 10.3. The van der Waals surface area contributed by atoms with Gasteiger partial charge in [-0.25, -0.2) is 14.2 Å². The summed E-state index contributed by atoms with van der Waals surface area (Å²) in [6.45, 7) is 1.43. The molecule has 116 valence electrons. The highest BCUT2D eigenvalue weighted by molar-refractivity contribution is 7.77. The third kappa shape index (κ3) is 14.4. The monoisotopic (exact) mass is 335 g/mol. The van der Waals surface area contributed by atoms with Crippen molar-refractivity contribution < 1.29 is 26.3 Å². The zero-order valence-corrected chi connectivity index (χ0v) is 12.3. The van der Waals surface area contributed by atoms with E-state index in [1.165, 1.54) is 0 Å². The number of rotatable bonds is 12. The summed E-state index contributed by atoms with van der Waals surface area (Å²) in [6.07, 6.45) is 0. The lowest BCUT2D eigenvalue weighted by molar-refractivity contribution is 0.286. The van der Waals surface area contributed by atoms with E-state index < -0.39 is 33.8 Å². The molecule has 0 aromatic carbocycles. The van der Waals surface area contributed by atoms with Crippen LogP contribution in [0.4, 0.5) is 0 Å². The quantitative estimate of drug-likeness (QED) is 0.311. The summed E-state index contributed by atoms with van der Waals surface area (Å²) >= 11 is -7.09. The Morgan fingerprint density at radius 3 is 1.16 bits per heavy atom. The molecule has 0 rings (SSSR count). The topological polar surface area (TPSA) is 160 Å². The van der Waals surface area contributed by atoms with E-state index in [0.29, 0.717) is 19.6 Å². The van der Waals surface area contributed by atoms with Crippen LogP contribution in [0.1, 0.15) is 0 Å². The lowest BCUT2D eigenvalue weighted by Gasteiger charge is -2.23. The molecule has 0 saturated carbocycles.